The lowest BCUT2D eigenvalue weighted by Crippen LogP contribution is -2.33. The molecule has 2 N–H and O–H groups in total. The molecule has 6 nitrogen and oxygen atoms in total. The van der Waals surface area contributed by atoms with Gasteiger partial charge in [0.15, 0.2) is 6.04 Å². The SMILES string of the molecule is Cn1cc(C(NC(=O)c2cccs2)C(=O)O)cn1. The Hall–Kier alpha value is -2.15. The summed E-state index contributed by atoms with van der Waals surface area (Å²) in [6, 6.07) is 2.29. The molecule has 0 aliphatic heterocycles. The molecule has 0 fully saturated rings. The second kappa shape index (κ2) is 5.01. The van der Waals surface area contributed by atoms with Crippen LogP contribution in [0.4, 0.5) is 0 Å². The number of carboxylic acids is 1. The van der Waals surface area contributed by atoms with Crippen molar-refractivity contribution in [2.75, 3.05) is 0 Å². The van der Waals surface area contributed by atoms with Gasteiger partial charge in [-0.25, -0.2) is 4.79 Å². The quantitative estimate of drug-likeness (QED) is 0.865. The van der Waals surface area contributed by atoms with Gasteiger partial charge >= 0.3 is 5.97 Å². The number of hydrogen-bond donors (Lipinski definition) is 2. The summed E-state index contributed by atoms with van der Waals surface area (Å²) in [6.45, 7) is 0. The summed E-state index contributed by atoms with van der Waals surface area (Å²) in [6.07, 6.45) is 2.99. The summed E-state index contributed by atoms with van der Waals surface area (Å²) in [5, 5.41) is 17.3. The molecule has 0 saturated heterocycles. The summed E-state index contributed by atoms with van der Waals surface area (Å²) in [5.74, 6) is -1.52. The van der Waals surface area contributed by atoms with Gasteiger partial charge < -0.3 is 10.4 Å². The molecule has 0 aliphatic rings. The molecule has 0 radical (unpaired) electrons. The van der Waals surface area contributed by atoms with E-state index in [1.807, 2.05) is 0 Å². The molecule has 1 amide bonds. The number of aliphatic carboxylic acids is 1. The Balaban J connectivity index is 2.17. The smallest absolute Gasteiger partial charge is 0.331 e. The molecule has 0 aromatic carbocycles. The number of amides is 1. The standard InChI is InChI=1S/C11H11N3O3S/c1-14-6-7(5-12-14)9(11(16)17)13-10(15)8-3-2-4-18-8/h2-6,9H,1H3,(H,13,15)(H,16,17). The van der Waals surface area contributed by atoms with Crippen molar-refractivity contribution >= 4 is 23.2 Å². The van der Waals surface area contributed by atoms with Gasteiger partial charge in [0.1, 0.15) is 0 Å². The predicted octanol–water partition coefficient (Wildman–Crippen LogP) is 1.04. The van der Waals surface area contributed by atoms with Gasteiger partial charge in [-0.1, -0.05) is 6.07 Å². The zero-order valence-corrected chi connectivity index (χ0v) is 10.3. The highest BCUT2D eigenvalue weighted by atomic mass is 32.1. The maximum atomic E-state index is 11.8. The van der Waals surface area contributed by atoms with Crippen LogP contribution in [0.1, 0.15) is 21.3 Å². The van der Waals surface area contributed by atoms with Crippen molar-refractivity contribution in [1.82, 2.24) is 15.1 Å². The van der Waals surface area contributed by atoms with Crippen molar-refractivity contribution in [3.8, 4) is 0 Å². The normalized spacial score (nSPS) is 12.1. The van der Waals surface area contributed by atoms with Crippen molar-refractivity contribution in [3.63, 3.8) is 0 Å². The van der Waals surface area contributed by atoms with E-state index in [1.54, 1.807) is 30.8 Å². The first kappa shape index (κ1) is 12.3. The lowest BCUT2D eigenvalue weighted by molar-refractivity contribution is -0.139. The number of nitrogens with one attached hydrogen (secondary N) is 1. The fourth-order valence-corrected chi connectivity index (χ4v) is 2.11. The molecule has 18 heavy (non-hydrogen) atoms. The van der Waals surface area contributed by atoms with Crippen molar-refractivity contribution in [1.29, 1.82) is 0 Å². The first-order valence-electron chi connectivity index (χ1n) is 5.13. The Morgan fingerprint density at radius 3 is 2.83 bits per heavy atom. The lowest BCUT2D eigenvalue weighted by atomic mass is 10.1. The van der Waals surface area contributed by atoms with Crippen LogP contribution in [0.2, 0.25) is 0 Å². The van der Waals surface area contributed by atoms with Crippen LogP contribution in [0.25, 0.3) is 0 Å². The molecule has 0 saturated carbocycles. The summed E-state index contributed by atoms with van der Waals surface area (Å²) in [4.78, 5) is 23.5. The second-order valence-electron chi connectivity index (χ2n) is 3.67. The lowest BCUT2D eigenvalue weighted by Gasteiger charge is -2.11. The Morgan fingerprint density at radius 2 is 2.33 bits per heavy atom. The highest BCUT2D eigenvalue weighted by molar-refractivity contribution is 7.12. The van der Waals surface area contributed by atoms with Crippen molar-refractivity contribution in [3.05, 3.63) is 40.3 Å². The second-order valence-corrected chi connectivity index (χ2v) is 4.62. The van der Waals surface area contributed by atoms with Crippen LogP contribution in [0, 0.1) is 0 Å². The monoisotopic (exact) mass is 265 g/mol. The van der Waals surface area contributed by atoms with E-state index < -0.39 is 17.9 Å². The molecule has 2 aromatic rings. The van der Waals surface area contributed by atoms with Crippen LogP contribution in [-0.4, -0.2) is 26.8 Å². The van der Waals surface area contributed by atoms with Gasteiger partial charge in [-0.2, -0.15) is 5.10 Å². The highest BCUT2D eigenvalue weighted by Gasteiger charge is 2.24. The van der Waals surface area contributed by atoms with E-state index in [0.29, 0.717) is 10.4 Å². The average molecular weight is 265 g/mol. The van der Waals surface area contributed by atoms with Gasteiger partial charge in [0.05, 0.1) is 11.1 Å². The maximum Gasteiger partial charge on any atom is 0.331 e. The van der Waals surface area contributed by atoms with E-state index in [9.17, 15) is 9.59 Å². The Kier molecular flexibility index (Phi) is 3.42. The summed E-state index contributed by atoms with van der Waals surface area (Å²) in [7, 11) is 1.68. The van der Waals surface area contributed by atoms with Gasteiger partial charge in [-0.3, -0.25) is 9.48 Å². The molecular formula is C11H11N3O3S. The number of rotatable bonds is 4. The molecule has 2 heterocycles. The minimum Gasteiger partial charge on any atom is -0.479 e. The Morgan fingerprint density at radius 1 is 1.56 bits per heavy atom. The van der Waals surface area contributed by atoms with Gasteiger partial charge in [0.2, 0.25) is 0 Å². The molecular weight excluding hydrogens is 254 g/mol. The number of aromatic nitrogens is 2. The van der Waals surface area contributed by atoms with E-state index in [-0.39, 0.29) is 0 Å². The molecule has 0 aliphatic carbocycles. The third kappa shape index (κ3) is 2.57. The maximum absolute atomic E-state index is 11.8. The first-order valence-corrected chi connectivity index (χ1v) is 6.01. The number of thiophene rings is 1. The molecule has 0 bridgehead atoms. The number of carbonyl (C=O) groups is 2. The Labute approximate surface area is 107 Å². The third-order valence-electron chi connectivity index (χ3n) is 2.33. The number of nitrogens with zero attached hydrogens (tertiary/aromatic N) is 2. The Bertz CT molecular complexity index is 562. The molecule has 1 unspecified atom stereocenters. The fraction of sp³-hybridized carbons (Fsp3) is 0.182. The van der Waals surface area contributed by atoms with E-state index in [0.717, 1.165) is 0 Å². The molecule has 94 valence electrons. The van der Waals surface area contributed by atoms with Crippen LogP contribution in [0.3, 0.4) is 0 Å². The molecule has 2 aromatic heterocycles. The summed E-state index contributed by atoms with van der Waals surface area (Å²) >= 11 is 1.26. The fourth-order valence-electron chi connectivity index (χ4n) is 1.49. The van der Waals surface area contributed by atoms with E-state index in [4.69, 9.17) is 5.11 Å². The van der Waals surface area contributed by atoms with Crippen LogP contribution < -0.4 is 5.32 Å². The van der Waals surface area contributed by atoms with Gasteiger partial charge in [-0.15, -0.1) is 11.3 Å². The minimum absolute atomic E-state index is 0.402. The van der Waals surface area contributed by atoms with Crippen LogP contribution in [-0.2, 0) is 11.8 Å². The number of hydrogen-bond acceptors (Lipinski definition) is 4. The largest absolute Gasteiger partial charge is 0.479 e. The average Bonchev–Trinajstić information content (AvgIpc) is 2.95. The third-order valence-corrected chi connectivity index (χ3v) is 3.19. The number of carboxylic acid groups (broad SMARTS) is 1. The summed E-state index contributed by atoms with van der Waals surface area (Å²) in [5.41, 5.74) is 0.440. The highest BCUT2D eigenvalue weighted by Crippen LogP contribution is 2.15. The summed E-state index contributed by atoms with van der Waals surface area (Å²) < 4.78 is 1.49. The van der Waals surface area contributed by atoms with Gasteiger partial charge in [0, 0.05) is 18.8 Å². The number of aryl methyl sites for hydroxylation is 1. The topological polar surface area (TPSA) is 84.2 Å². The first-order chi connectivity index (χ1) is 8.58. The van der Waals surface area contributed by atoms with Crippen molar-refractivity contribution in [2.24, 2.45) is 7.05 Å². The molecule has 7 heteroatoms. The van der Waals surface area contributed by atoms with E-state index >= 15 is 0 Å². The van der Waals surface area contributed by atoms with Gasteiger partial charge in [-0.05, 0) is 11.4 Å². The van der Waals surface area contributed by atoms with Gasteiger partial charge in [0.25, 0.3) is 5.91 Å². The van der Waals surface area contributed by atoms with Crippen LogP contribution >= 0.6 is 11.3 Å². The van der Waals surface area contributed by atoms with E-state index in [2.05, 4.69) is 10.4 Å². The van der Waals surface area contributed by atoms with Crippen LogP contribution in [0.15, 0.2) is 29.9 Å². The molecule has 0 spiro atoms. The molecule has 2 rings (SSSR count). The van der Waals surface area contributed by atoms with Crippen molar-refractivity contribution < 1.29 is 14.7 Å². The predicted molar refractivity (Wildman–Crippen MR) is 65.4 cm³/mol. The number of carbonyl (C=O) groups excluding carboxylic acids is 1. The van der Waals surface area contributed by atoms with Crippen LogP contribution in [0.5, 0.6) is 0 Å². The zero-order chi connectivity index (χ0) is 13.1. The van der Waals surface area contributed by atoms with Crippen molar-refractivity contribution in [2.45, 2.75) is 6.04 Å². The minimum atomic E-state index is -1.12. The molecule has 1 atom stereocenters. The zero-order valence-electron chi connectivity index (χ0n) is 9.53. The van der Waals surface area contributed by atoms with E-state index in [1.165, 1.54) is 22.2 Å².